The molecule has 102 valence electrons. The van der Waals surface area contributed by atoms with Crippen molar-refractivity contribution in [2.24, 2.45) is 5.92 Å². The minimum absolute atomic E-state index is 0.0930. The largest absolute Gasteiger partial charge is 0.310 e. The van der Waals surface area contributed by atoms with Gasteiger partial charge < -0.3 is 5.32 Å². The van der Waals surface area contributed by atoms with Gasteiger partial charge in [0.2, 0.25) is 0 Å². The lowest BCUT2D eigenvalue weighted by Crippen LogP contribution is -2.25. The van der Waals surface area contributed by atoms with Gasteiger partial charge in [-0.1, -0.05) is 49.2 Å². The predicted octanol–water partition coefficient (Wildman–Crippen LogP) is 5.07. The van der Waals surface area contributed by atoms with Gasteiger partial charge in [0.25, 0.3) is 0 Å². The monoisotopic (exact) mass is 315 g/mol. The van der Waals surface area contributed by atoms with Crippen molar-refractivity contribution in [1.82, 2.24) is 5.32 Å². The fourth-order valence-electron chi connectivity index (χ4n) is 2.03. The summed E-state index contributed by atoms with van der Waals surface area (Å²) in [5, 5.41) is 3.46. The van der Waals surface area contributed by atoms with Gasteiger partial charge in [-0.15, -0.1) is 0 Å². The minimum Gasteiger partial charge on any atom is -0.310 e. The van der Waals surface area contributed by atoms with Gasteiger partial charge in [0, 0.05) is 16.1 Å². The van der Waals surface area contributed by atoms with Gasteiger partial charge in [-0.05, 0) is 37.4 Å². The van der Waals surface area contributed by atoms with Gasteiger partial charge in [-0.3, -0.25) is 0 Å². The molecule has 0 radical (unpaired) electrons. The van der Waals surface area contributed by atoms with Crippen LogP contribution in [-0.2, 0) is 0 Å². The van der Waals surface area contributed by atoms with Gasteiger partial charge in [0.15, 0.2) is 0 Å². The number of rotatable bonds is 7. The maximum absolute atomic E-state index is 14.0. The smallest absolute Gasteiger partial charge is 0.129 e. The number of halogens is 2. The molecule has 0 bridgehead atoms. The van der Waals surface area contributed by atoms with Crippen molar-refractivity contribution in [2.75, 3.05) is 6.54 Å². The molecule has 0 saturated carbocycles. The van der Waals surface area contributed by atoms with E-state index >= 15 is 0 Å². The SMILES string of the molecule is CCCNC(CC(C)CC)c1c(F)cccc1Br. The fraction of sp³-hybridized carbons (Fsp3) is 0.600. The third-order valence-electron chi connectivity index (χ3n) is 3.32. The molecule has 0 heterocycles. The molecule has 0 aromatic heterocycles. The van der Waals surface area contributed by atoms with Crippen molar-refractivity contribution in [3.63, 3.8) is 0 Å². The van der Waals surface area contributed by atoms with Crippen LogP contribution >= 0.6 is 15.9 Å². The second-order valence-corrected chi connectivity index (χ2v) is 5.75. The summed E-state index contributed by atoms with van der Waals surface area (Å²) in [6.07, 6.45) is 3.15. The molecule has 0 aliphatic rings. The van der Waals surface area contributed by atoms with E-state index in [4.69, 9.17) is 0 Å². The first kappa shape index (κ1) is 15.6. The van der Waals surface area contributed by atoms with E-state index in [2.05, 4.69) is 42.0 Å². The second kappa shape index (κ2) is 7.90. The Hall–Kier alpha value is -0.410. The molecule has 1 nitrogen and oxygen atoms in total. The summed E-state index contributed by atoms with van der Waals surface area (Å²) >= 11 is 3.47. The first-order valence-electron chi connectivity index (χ1n) is 6.77. The summed E-state index contributed by atoms with van der Waals surface area (Å²) in [7, 11) is 0. The lowest BCUT2D eigenvalue weighted by Gasteiger charge is -2.23. The summed E-state index contributed by atoms with van der Waals surface area (Å²) in [4.78, 5) is 0. The molecule has 2 unspecified atom stereocenters. The number of hydrogen-bond acceptors (Lipinski definition) is 1. The quantitative estimate of drug-likeness (QED) is 0.741. The van der Waals surface area contributed by atoms with E-state index in [1.165, 1.54) is 6.07 Å². The minimum atomic E-state index is -0.124. The van der Waals surface area contributed by atoms with Crippen molar-refractivity contribution in [1.29, 1.82) is 0 Å². The van der Waals surface area contributed by atoms with E-state index in [1.54, 1.807) is 6.07 Å². The van der Waals surface area contributed by atoms with Crippen LogP contribution in [0.15, 0.2) is 22.7 Å². The molecular weight excluding hydrogens is 293 g/mol. The number of benzene rings is 1. The van der Waals surface area contributed by atoms with E-state index in [-0.39, 0.29) is 11.9 Å². The third kappa shape index (κ3) is 4.36. The molecule has 0 aliphatic heterocycles. The average Bonchev–Trinajstić information content (AvgIpc) is 2.35. The molecule has 1 rings (SSSR count). The zero-order valence-electron chi connectivity index (χ0n) is 11.5. The molecular formula is C15H23BrFN. The highest BCUT2D eigenvalue weighted by Gasteiger charge is 2.19. The van der Waals surface area contributed by atoms with Crippen molar-refractivity contribution >= 4 is 15.9 Å². The molecule has 1 N–H and O–H groups in total. The number of hydrogen-bond donors (Lipinski definition) is 1. The zero-order chi connectivity index (χ0) is 13.5. The Morgan fingerprint density at radius 2 is 2.06 bits per heavy atom. The summed E-state index contributed by atoms with van der Waals surface area (Å²) in [6, 6.07) is 5.28. The van der Waals surface area contributed by atoms with Crippen LogP contribution < -0.4 is 5.32 Å². The van der Waals surface area contributed by atoms with E-state index in [0.717, 1.165) is 35.8 Å². The van der Waals surface area contributed by atoms with E-state index in [1.807, 2.05) is 6.07 Å². The topological polar surface area (TPSA) is 12.0 Å². The molecule has 0 amide bonds. The van der Waals surface area contributed by atoms with Gasteiger partial charge in [-0.25, -0.2) is 4.39 Å². The number of nitrogens with one attached hydrogen (secondary N) is 1. The molecule has 1 aromatic carbocycles. The molecule has 18 heavy (non-hydrogen) atoms. The average molecular weight is 316 g/mol. The lowest BCUT2D eigenvalue weighted by atomic mass is 9.94. The van der Waals surface area contributed by atoms with Gasteiger partial charge in [0.1, 0.15) is 5.82 Å². The van der Waals surface area contributed by atoms with Crippen LogP contribution in [0.1, 0.15) is 51.6 Å². The third-order valence-corrected chi connectivity index (χ3v) is 4.02. The maximum atomic E-state index is 14.0. The van der Waals surface area contributed by atoms with Crippen LogP contribution in [0.2, 0.25) is 0 Å². The molecule has 0 fully saturated rings. The van der Waals surface area contributed by atoms with E-state index in [0.29, 0.717) is 5.92 Å². The lowest BCUT2D eigenvalue weighted by molar-refractivity contribution is 0.391. The first-order valence-corrected chi connectivity index (χ1v) is 7.56. The normalized spacial score (nSPS) is 14.5. The highest BCUT2D eigenvalue weighted by atomic mass is 79.9. The van der Waals surface area contributed by atoms with Gasteiger partial charge >= 0.3 is 0 Å². The van der Waals surface area contributed by atoms with Crippen LogP contribution in [-0.4, -0.2) is 6.54 Å². The Morgan fingerprint density at radius 1 is 1.33 bits per heavy atom. The molecule has 0 saturated heterocycles. The summed E-state index contributed by atoms with van der Waals surface area (Å²) in [6.45, 7) is 7.44. The highest BCUT2D eigenvalue weighted by molar-refractivity contribution is 9.10. The Bertz CT molecular complexity index is 347. The first-order chi connectivity index (χ1) is 8.60. The fourth-order valence-corrected chi connectivity index (χ4v) is 2.65. The summed E-state index contributed by atoms with van der Waals surface area (Å²) < 4.78 is 14.9. The van der Waals surface area contributed by atoms with Crippen LogP contribution in [0.25, 0.3) is 0 Å². The molecule has 2 atom stereocenters. The Kier molecular flexibility index (Phi) is 6.87. The van der Waals surface area contributed by atoms with Gasteiger partial charge in [0.05, 0.1) is 0 Å². The van der Waals surface area contributed by atoms with Crippen LogP contribution in [0.5, 0.6) is 0 Å². The second-order valence-electron chi connectivity index (χ2n) is 4.89. The Balaban J connectivity index is 2.93. The summed E-state index contributed by atoms with van der Waals surface area (Å²) in [5.41, 5.74) is 0.770. The molecule has 1 aromatic rings. The summed E-state index contributed by atoms with van der Waals surface area (Å²) in [5.74, 6) is 0.465. The van der Waals surface area contributed by atoms with Crippen LogP contribution in [0.4, 0.5) is 4.39 Å². The standard InChI is InChI=1S/C15H23BrFN/c1-4-9-18-14(10-11(3)5-2)15-12(16)7-6-8-13(15)17/h6-8,11,14,18H,4-5,9-10H2,1-3H3. The molecule has 0 spiro atoms. The predicted molar refractivity (Wildman–Crippen MR) is 79.2 cm³/mol. The van der Waals surface area contributed by atoms with Gasteiger partial charge in [-0.2, -0.15) is 0 Å². The van der Waals surface area contributed by atoms with Crippen molar-refractivity contribution < 1.29 is 4.39 Å². The van der Waals surface area contributed by atoms with Crippen LogP contribution in [0, 0.1) is 11.7 Å². The zero-order valence-corrected chi connectivity index (χ0v) is 13.1. The van der Waals surface area contributed by atoms with E-state index in [9.17, 15) is 4.39 Å². The highest BCUT2D eigenvalue weighted by Crippen LogP contribution is 2.31. The maximum Gasteiger partial charge on any atom is 0.129 e. The van der Waals surface area contributed by atoms with E-state index < -0.39 is 0 Å². The Morgan fingerprint density at radius 3 is 2.61 bits per heavy atom. The molecule has 0 aliphatic carbocycles. The Labute approximate surface area is 118 Å². The van der Waals surface area contributed by atoms with Crippen molar-refractivity contribution in [3.05, 3.63) is 34.1 Å². The van der Waals surface area contributed by atoms with Crippen molar-refractivity contribution in [3.8, 4) is 0 Å². The molecule has 3 heteroatoms. The van der Waals surface area contributed by atoms with Crippen LogP contribution in [0.3, 0.4) is 0 Å². The van der Waals surface area contributed by atoms with Crippen molar-refractivity contribution in [2.45, 2.75) is 46.1 Å².